The molecule has 0 aliphatic heterocycles. The molecule has 15 heavy (non-hydrogen) atoms. The van der Waals surface area contributed by atoms with Crippen LogP contribution in [-0.4, -0.2) is 22.4 Å². The van der Waals surface area contributed by atoms with Crippen molar-refractivity contribution >= 4 is 5.97 Å². The van der Waals surface area contributed by atoms with Crippen LogP contribution in [0.25, 0.3) is 0 Å². The van der Waals surface area contributed by atoms with Crippen LogP contribution in [0.5, 0.6) is 0 Å². The summed E-state index contributed by atoms with van der Waals surface area (Å²) >= 11 is 0. The summed E-state index contributed by atoms with van der Waals surface area (Å²) in [5.41, 5.74) is 0.271. The molecule has 0 fully saturated rings. The minimum Gasteiger partial charge on any atom is -0.479 e. The number of aliphatic carboxylic acids is 1. The summed E-state index contributed by atoms with van der Waals surface area (Å²) in [5.74, 6) is -2.24. The van der Waals surface area contributed by atoms with Gasteiger partial charge < -0.3 is 10.2 Å². The second-order valence-electron chi connectivity index (χ2n) is 3.19. The number of rotatable bonds is 3. The highest BCUT2D eigenvalue weighted by Crippen LogP contribution is 2.21. The first-order valence-electron chi connectivity index (χ1n) is 4.24. The Kier molecular flexibility index (Phi) is 3.36. The number of hydrogen-bond donors (Lipinski definition) is 2. The van der Waals surface area contributed by atoms with Gasteiger partial charge in [0.25, 0.3) is 0 Å². The molecule has 0 aliphatic carbocycles. The van der Waals surface area contributed by atoms with Gasteiger partial charge in [-0.25, -0.2) is 13.6 Å². The largest absolute Gasteiger partial charge is 0.479 e. The van der Waals surface area contributed by atoms with Crippen molar-refractivity contribution in [3.63, 3.8) is 0 Å². The summed E-state index contributed by atoms with van der Waals surface area (Å²) in [5, 5.41) is 17.6. The van der Waals surface area contributed by atoms with E-state index in [4.69, 9.17) is 5.11 Å². The number of aliphatic hydroxyl groups excluding tert-OH is 1. The number of carboxylic acids is 1. The molecule has 5 heteroatoms. The molecule has 0 radical (unpaired) electrons. The summed E-state index contributed by atoms with van der Waals surface area (Å²) < 4.78 is 25.7. The maximum atomic E-state index is 12.9. The number of benzene rings is 1. The van der Waals surface area contributed by atoms with Crippen LogP contribution < -0.4 is 0 Å². The molecule has 0 aromatic heterocycles. The summed E-state index contributed by atoms with van der Waals surface area (Å²) in [7, 11) is 0. The highest BCUT2D eigenvalue weighted by molar-refractivity contribution is 5.73. The zero-order valence-corrected chi connectivity index (χ0v) is 7.95. The molecule has 0 saturated heterocycles. The number of aliphatic hydroxyl groups is 1. The van der Waals surface area contributed by atoms with Crippen molar-refractivity contribution in [3.05, 3.63) is 35.1 Å². The Morgan fingerprint density at radius 2 is 2.07 bits per heavy atom. The van der Waals surface area contributed by atoms with Crippen molar-refractivity contribution in [2.75, 3.05) is 0 Å². The van der Waals surface area contributed by atoms with Crippen LogP contribution in [0.1, 0.15) is 17.2 Å². The lowest BCUT2D eigenvalue weighted by Gasteiger charge is -2.13. The maximum absolute atomic E-state index is 12.9. The van der Waals surface area contributed by atoms with Crippen LogP contribution in [0.3, 0.4) is 0 Å². The quantitative estimate of drug-likeness (QED) is 0.806. The standard InChI is InChI=1S/C10H10F2O3/c1-5-4-6(2-3-7(5)11)9(13)8(12)10(14)15/h2-4,8-9,13H,1H3,(H,14,15). The van der Waals surface area contributed by atoms with Crippen molar-refractivity contribution in [1.29, 1.82) is 0 Å². The second kappa shape index (κ2) is 4.35. The van der Waals surface area contributed by atoms with Crippen molar-refractivity contribution in [3.8, 4) is 0 Å². The van der Waals surface area contributed by atoms with Gasteiger partial charge in [0.2, 0.25) is 6.17 Å². The molecule has 0 amide bonds. The molecule has 2 unspecified atom stereocenters. The highest BCUT2D eigenvalue weighted by Gasteiger charge is 2.27. The molecule has 82 valence electrons. The number of hydrogen-bond acceptors (Lipinski definition) is 2. The summed E-state index contributed by atoms with van der Waals surface area (Å²) in [6, 6.07) is 3.43. The lowest BCUT2D eigenvalue weighted by molar-refractivity contribution is -0.147. The van der Waals surface area contributed by atoms with Crippen LogP contribution in [-0.2, 0) is 4.79 Å². The Labute approximate surface area is 85.0 Å². The monoisotopic (exact) mass is 216 g/mol. The first kappa shape index (κ1) is 11.6. The Hall–Kier alpha value is -1.49. The molecule has 0 heterocycles. The number of alkyl halides is 1. The lowest BCUT2D eigenvalue weighted by atomic mass is 10.0. The number of aryl methyl sites for hydroxylation is 1. The Bertz CT molecular complexity index is 379. The van der Waals surface area contributed by atoms with E-state index >= 15 is 0 Å². The van der Waals surface area contributed by atoms with Crippen LogP contribution in [0, 0.1) is 12.7 Å². The summed E-state index contributed by atoms with van der Waals surface area (Å²) in [6.45, 7) is 1.44. The van der Waals surface area contributed by atoms with E-state index in [0.29, 0.717) is 0 Å². The Balaban J connectivity index is 2.96. The van der Waals surface area contributed by atoms with Crippen molar-refractivity contribution < 1.29 is 23.8 Å². The lowest BCUT2D eigenvalue weighted by Crippen LogP contribution is -2.23. The topological polar surface area (TPSA) is 57.5 Å². The van der Waals surface area contributed by atoms with E-state index in [1.165, 1.54) is 13.0 Å². The van der Waals surface area contributed by atoms with Crippen molar-refractivity contribution in [1.82, 2.24) is 0 Å². The van der Waals surface area contributed by atoms with Crippen molar-refractivity contribution in [2.24, 2.45) is 0 Å². The zero-order chi connectivity index (χ0) is 11.6. The molecular weight excluding hydrogens is 206 g/mol. The molecule has 2 atom stereocenters. The molecule has 0 saturated carbocycles. The molecular formula is C10H10F2O3. The first-order valence-corrected chi connectivity index (χ1v) is 4.24. The molecule has 1 aromatic carbocycles. The van der Waals surface area contributed by atoms with Crippen LogP contribution in [0.15, 0.2) is 18.2 Å². The average molecular weight is 216 g/mol. The fourth-order valence-corrected chi connectivity index (χ4v) is 1.16. The minimum atomic E-state index is -2.41. The van der Waals surface area contributed by atoms with E-state index in [-0.39, 0.29) is 11.1 Å². The van der Waals surface area contributed by atoms with Crippen LogP contribution in [0.4, 0.5) is 8.78 Å². The third kappa shape index (κ3) is 2.50. The second-order valence-corrected chi connectivity index (χ2v) is 3.19. The van der Waals surface area contributed by atoms with E-state index in [9.17, 15) is 18.7 Å². The van der Waals surface area contributed by atoms with Crippen molar-refractivity contribution in [2.45, 2.75) is 19.2 Å². The normalized spacial score (nSPS) is 14.7. The Morgan fingerprint density at radius 1 is 1.47 bits per heavy atom. The van der Waals surface area contributed by atoms with Crippen LogP contribution >= 0.6 is 0 Å². The molecule has 0 spiro atoms. The molecule has 0 bridgehead atoms. The molecule has 2 N–H and O–H groups in total. The van der Waals surface area contributed by atoms with Gasteiger partial charge in [0.15, 0.2) is 0 Å². The summed E-state index contributed by atoms with van der Waals surface area (Å²) in [6.07, 6.45) is -4.18. The fraction of sp³-hybridized carbons (Fsp3) is 0.300. The maximum Gasteiger partial charge on any atom is 0.341 e. The van der Waals surface area contributed by atoms with Gasteiger partial charge in [0, 0.05) is 0 Å². The molecule has 1 aromatic rings. The minimum absolute atomic E-state index is 0.0452. The summed E-state index contributed by atoms with van der Waals surface area (Å²) in [4.78, 5) is 10.3. The van der Waals surface area contributed by atoms with Gasteiger partial charge in [0.1, 0.15) is 11.9 Å². The predicted molar refractivity (Wildman–Crippen MR) is 48.6 cm³/mol. The van der Waals surface area contributed by atoms with E-state index in [1.807, 2.05) is 0 Å². The smallest absolute Gasteiger partial charge is 0.341 e. The third-order valence-electron chi connectivity index (χ3n) is 2.04. The molecule has 3 nitrogen and oxygen atoms in total. The van der Waals surface area contributed by atoms with Gasteiger partial charge in [0.05, 0.1) is 0 Å². The molecule has 1 rings (SSSR count). The number of carboxylic acid groups (broad SMARTS) is 1. The van der Waals surface area contributed by atoms with Crippen LogP contribution in [0.2, 0.25) is 0 Å². The van der Waals surface area contributed by atoms with E-state index in [0.717, 1.165) is 12.1 Å². The van der Waals surface area contributed by atoms with E-state index in [2.05, 4.69) is 0 Å². The number of halogens is 2. The molecule has 0 aliphatic rings. The van der Waals surface area contributed by atoms with Gasteiger partial charge in [-0.3, -0.25) is 0 Å². The van der Waals surface area contributed by atoms with Gasteiger partial charge in [-0.15, -0.1) is 0 Å². The van der Waals surface area contributed by atoms with E-state index in [1.54, 1.807) is 0 Å². The zero-order valence-electron chi connectivity index (χ0n) is 7.95. The average Bonchev–Trinajstić information content (AvgIpc) is 2.19. The van der Waals surface area contributed by atoms with Gasteiger partial charge >= 0.3 is 5.97 Å². The highest BCUT2D eigenvalue weighted by atomic mass is 19.1. The van der Waals surface area contributed by atoms with Gasteiger partial charge in [-0.1, -0.05) is 12.1 Å². The van der Waals surface area contributed by atoms with Gasteiger partial charge in [-0.2, -0.15) is 0 Å². The fourth-order valence-electron chi connectivity index (χ4n) is 1.16. The predicted octanol–water partition coefficient (Wildman–Crippen LogP) is 1.59. The van der Waals surface area contributed by atoms with Gasteiger partial charge in [-0.05, 0) is 24.1 Å². The third-order valence-corrected chi connectivity index (χ3v) is 2.04. The Morgan fingerprint density at radius 3 is 2.53 bits per heavy atom. The van der Waals surface area contributed by atoms with E-state index < -0.39 is 24.1 Å². The first-order chi connectivity index (χ1) is 6.93. The number of carbonyl (C=O) groups is 1. The SMILES string of the molecule is Cc1cc(C(O)C(F)C(=O)O)ccc1F.